The van der Waals surface area contributed by atoms with Crippen LogP contribution in [0.3, 0.4) is 0 Å². The van der Waals surface area contributed by atoms with Crippen molar-refractivity contribution in [2.24, 2.45) is 0 Å². The Morgan fingerprint density at radius 1 is 1.50 bits per heavy atom. The van der Waals surface area contributed by atoms with Crippen molar-refractivity contribution in [2.75, 3.05) is 26.2 Å². The van der Waals surface area contributed by atoms with Crippen LogP contribution in [0.5, 0.6) is 0 Å². The van der Waals surface area contributed by atoms with Crippen LogP contribution in [0.4, 0.5) is 0 Å². The summed E-state index contributed by atoms with van der Waals surface area (Å²) >= 11 is 0. The van der Waals surface area contributed by atoms with E-state index >= 15 is 0 Å². The number of aromatic nitrogens is 2. The maximum absolute atomic E-state index is 12.3. The van der Waals surface area contributed by atoms with Crippen LogP contribution in [0, 0.1) is 0 Å². The fourth-order valence-corrected chi connectivity index (χ4v) is 3.89. The van der Waals surface area contributed by atoms with Crippen LogP contribution < -0.4 is 0 Å². The van der Waals surface area contributed by atoms with Gasteiger partial charge in [-0.25, -0.2) is 8.42 Å². The molecule has 0 amide bonds. The molecule has 102 valence electrons. The predicted octanol–water partition coefficient (Wildman–Crippen LogP) is 0.514. The molecule has 7 heteroatoms. The third-order valence-corrected chi connectivity index (χ3v) is 5.34. The molecule has 0 saturated carbocycles. The lowest BCUT2D eigenvalue weighted by atomic mass is 10.2. The summed E-state index contributed by atoms with van der Waals surface area (Å²) in [4.78, 5) is 2.31. The zero-order chi connectivity index (χ0) is 13.2. The minimum absolute atomic E-state index is 0.183. The van der Waals surface area contributed by atoms with Crippen molar-refractivity contribution in [3.8, 4) is 0 Å². The molecule has 0 bridgehead atoms. The van der Waals surface area contributed by atoms with Crippen molar-refractivity contribution >= 4 is 10.0 Å². The van der Waals surface area contributed by atoms with E-state index in [-0.39, 0.29) is 5.03 Å². The summed E-state index contributed by atoms with van der Waals surface area (Å²) in [5, 5.41) is 6.42. The van der Waals surface area contributed by atoms with Crippen LogP contribution in [-0.2, 0) is 10.0 Å². The van der Waals surface area contributed by atoms with E-state index in [1.54, 1.807) is 4.31 Å². The second-order valence-corrected chi connectivity index (χ2v) is 6.35. The number of H-pyrrole nitrogens is 1. The quantitative estimate of drug-likeness (QED) is 0.848. The van der Waals surface area contributed by atoms with E-state index < -0.39 is 10.0 Å². The first kappa shape index (κ1) is 13.5. The van der Waals surface area contributed by atoms with Gasteiger partial charge in [-0.05, 0) is 25.6 Å². The Labute approximate surface area is 108 Å². The number of nitrogens with zero attached hydrogens (tertiary/aromatic N) is 3. The summed E-state index contributed by atoms with van der Waals surface area (Å²) in [6, 6.07) is 1.83. The van der Waals surface area contributed by atoms with Crippen molar-refractivity contribution in [2.45, 2.75) is 31.3 Å². The Hall–Kier alpha value is -0.920. The molecule has 1 aliphatic heterocycles. The van der Waals surface area contributed by atoms with Gasteiger partial charge in [-0.2, -0.15) is 9.40 Å². The van der Waals surface area contributed by atoms with E-state index in [2.05, 4.69) is 28.9 Å². The molecule has 0 spiro atoms. The van der Waals surface area contributed by atoms with Gasteiger partial charge >= 0.3 is 0 Å². The highest BCUT2D eigenvalue weighted by atomic mass is 32.2. The molecule has 18 heavy (non-hydrogen) atoms. The van der Waals surface area contributed by atoms with Gasteiger partial charge in [0.1, 0.15) is 0 Å². The van der Waals surface area contributed by atoms with Gasteiger partial charge in [0, 0.05) is 19.1 Å². The van der Waals surface area contributed by atoms with Gasteiger partial charge in [-0.15, -0.1) is 0 Å². The van der Waals surface area contributed by atoms with Crippen LogP contribution in [0.2, 0.25) is 0 Å². The second kappa shape index (κ2) is 5.38. The molecule has 2 rings (SSSR count). The summed E-state index contributed by atoms with van der Waals surface area (Å²) in [7, 11) is -3.39. The number of nitrogens with one attached hydrogen (secondary N) is 1. The lowest BCUT2D eigenvalue weighted by Crippen LogP contribution is -2.38. The maximum atomic E-state index is 12.3. The Balaban J connectivity index is 2.09. The summed E-state index contributed by atoms with van der Waals surface area (Å²) in [5.74, 6) is 0. The molecule has 6 nitrogen and oxygen atoms in total. The summed E-state index contributed by atoms with van der Waals surface area (Å²) in [6.45, 7) is 7.29. The molecular weight excluding hydrogens is 252 g/mol. The van der Waals surface area contributed by atoms with E-state index in [9.17, 15) is 8.42 Å². The Bertz CT molecular complexity index is 467. The van der Waals surface area contributed by atoms with Crippen molar-refractivity contribution in [1.29, 1.82) is 0 Å². The van der Waals surface area contributed by atoms with Gasteiger partial charge in [0.05, 0.1) is 6.20 Å². The molecular formula is C11H20N4O2S. The van der Waals surface area contributed by atoms with E-state index in [4.69, 9.17) is 0 Å². The second-order valence-electron chi connectivity index (χ2n) is 4.45. The molecule has 1 fully saturated rings. The van der Waals surface area contributed by atoms with Crippen molar-refractivity contribution in [3.63, 3.8) is 0 Å². The minimum atomic E-state index is -3.39. The molecule has 1 aliphatic rings. The van der Waals surface area contributed by atoms with Crippen molar-refractivity contribution in [1.82, 2.24) is 19.4 Å². The van der Waals surface area contributed by atoms with E-state index in [1.807, 2.05) is 0 Å². The van der Waals surface area contributed by atoms with Gasteiger partial charge in [-0.1, -0.05) is 13.8 Å². The monoisotopic (exact) mass is 272 g/mol. The fourth-order valence-electron chi connectivity index (χ4n) is 2.49. The highest BCUT2D eigenvalue weighted by Crippen LogP contribution is 2.22. The van der Waals surface area contributed by atoms with Crippen LogP contribution in [0.1, 0.15) is 20.3 Å². The Morgan fingerprint density at radius 3 is 2.78 bits per heavy atom. The molecule has 1 N–H and O–H groups in total. The molecule has 2 heterocycles. The first-order valence-electron chi connectivity index (χ1n) is 6.33. The number of rotatable bonds is 5. The van der Waals surface area contributed by atoms with E-state index in [0.717, 1.165) is 19.5 Å². The first-order valence-corrected chi connectivity index (χ1v) is 7.77. The Kier molecular flexibility index (Phi) is 4.04. The number of hydrogen-bond acceptors (Lipinski definition) is 4. The fraction of sp³-hybridized carbons (Fsp3) is 0.727. The molecule has 0 radical (unpaired) electrons. The summed E-state index contributed by atoms with van der Waals surface area (Å²) in [5.41, 5.74) is 0. The average Bonchev–Trinajstić information content (AvgIpc) is 3.02. The number of likely N-dealkylation sites (N-methyl/N-ethyl adjacent to an activating group) is 1. The standard InChI is InChI=1S/C11H20N4O2S/c1-3-14(4-2)10-6-8-15(9-10)18(16,17)11-5-7-12-13-11/h5,7,10H,3-4,6,8-9H2,1-2H3,(H,12,13). The number of hydrogen-bond donors (Lipinski definition) is 1. The highest BCUT2D eigenvalue weighted by molar-refractivity contribution is 7.89. The lowest BCUT2D eigenvalue weighted by molar-refractivity contribution is 0.224. The Morgan fingerprint density at radius 2 is 2.22 bits per heavy atom. The number of sulfonamides is 1. The molecule has 1 atom stereocenters. The predicted molar refractivity (Wildman–Crippen MR) is 68.7 cm³/mol. The molecule has 0 aliphatic carbocycles. The summed E-state index contributed by atoms with van der Waals surface area (Å²) < 4.78 is 26.1. The topological polar surface area (TPSA) is 69.3 Å². The summed E-state index contributed by atoms with van der Waals surface area (Å²) in [6.07, 6.45) is 2.36. The zero-order valence-corrected chi connectivity index (χ0v) is 11.7. The van der Waals surface area contributed by atoms with Gasteiger partial charge in [0.25, 0.3) is 10.0 Å². The number of aromatic amines is 1. The smallest absolute Gasteiger partial charge is 0.260 e. The molecule has 0 aromatic carbocycles. The van der Waals surface area contributed by atoms with Crippen molar-refractivity contribution in [3.05, 3.63) is 12.3 Å². The van der Waals surface area contributed by atoms with E-state index in [1.165, 1.54) is 12.3 Å². The van der Waals surface area contributed by atoms with Crippen LogP contribution >= 0.6 is 0 Å². The molecule has 1 aromatic heterocycles. The van der Waals surface area contributed by atoms with Crippen LogP contribution in [0.25, 0.3) is 0 Å². The largest absolute Gasteiger partial charge is 0.300 e. The van der Waals surface area contributed by atoms with Crippen LogP contribution in [-0.4, -0.2) is 60.0 Å². The molecule has 1 saturated heterocycles. The SMILES string of the molecule is CCN(CC)C1CCN(S(=O)(=O)c2ccn[nH]2)C1. The van der Waals surface area contributed by atoms with Crippen LogP contribution in [0.15, 0.2) is 17.3 Å². The van der Waals surface area contributed by atoms with Gasteiger partial charge in [0.2, 0.25) is 0 Å². The third kappa shape index (κ3) is 2.43. The zero-order valence-electron chi connectivity index (χ0n) is 10.8. The van der Waals surface area contributed by atoms with Gasteiger partial charge in [-0.3, -0.25) is 10.00 Å². The van der Waals surface area contributed by atoms with Crippen molar-refractivity contribution < 1.29 is 8.42 Å². The lowest BCUT2D eigenvalue weighted by Gasteiger charge is -2.25. The van der Waals surface area contributed by atoms with Gasteiger partial charge in [0.15, 0.2) is 5.03 Å². The molecule has 1 aromatic rings. The normalized spacial score (nSPS) is 21.8. The van der Waals surface area contributed by atoms with E-state index in [0.29, 0.717) is 19.1 Å². The minimum Gasteiger partial charge on any atom is -0.300 e. The first-order chi connectivity index (χ1) is 8.59. The third-order valence-electron chi connectivity index (χ3n) is 3.55. The average molecular weight is 272 g/mol. The highest BCUT2D eigenvalue weighted by Gasteiger charge is 2.34. The molecule has 1 unspecified atom stereocenters. The maximum Gasteiger partial charge on any atom is 0.260 e. The van der Waals surface area contributed by atoms with Gasteiger partial charge < -0.3 is 0 Å².